The Bertz CT molecular complexity index is 1010. The van der Waals surface area contributed by atoms with E-state index in [1.165, 1.54) is 11.1 Å². The lowest BCUT2D eigenvalue weighted by Gasteiger charge is -2.32. The standard InChI is InChI=1S/C28H33N3O/c1-2-24-12-6-7-14-27(24)29-20-23-11-8-13-25(19-23)28(32)30-26-15-17-31(18-16-26)21-22-9-4-3-5-10-22/h3-14,19,26,29H,2,15-18,20-21H2,1H3,(H,30,32). The molecular weight excluding hydrogens is 394 g/mol. The molecule has 1 aliphatic rings. The molecule has 4 nitrogen and oxygen atoms in total. The third kappa shape index (κ3) is 5.98. The predicted octanol–water partition coefficient (Wildman–Crippen LogP) is 5.26. The Morgan fingerprint density at radius 2 is 1.62 bits per heavy atom. The Morgan fingerprint density at radius 1 is 0.906 bits per heavy atom. The summed E-state index contributed by atoms with van der Waals surface area (Å²) in [6.07, 6.45) is 2.98. The fourth-order valence-corrected chi connectivity index (χ4v) is 4.37. The molecule has 0 unspecified atom stereocenters. The van der Waals surface area contributed by atoms with Crippen molar-refractivity contribution >= 4 is 11.6 Å². The highest BCUT2D eigenvalue weighted by atomic mass is 16.1. The number of amides is 1. The average Bonchev–Trinajstić information content (AvgIpc) is 2.85. The molecule has 1 aliphatic heterocycles. The lowest BCUT2D eigenvalue weighted by molar-refractivity contribution is 0.0909. The maximum absolute atomic E-state index is 12.9. The smallest absolute Gasteiger partial charge is 0.251 e. The SMILES string of the molecule is CCc1ccccc1NCc1cccc(C(=O)NC2CCN(Cc3ccccc3)CC2)c1. The van der Waals surface area contributed by atoms with Gasteiger partial charge >= 0.3 is 0 Å². The number of rotatable bonds is 8. The summed E-state index contributed by atoms with van der Waals surface area (Å²) in [5.74, 6) is 0.0299. The molecule has 2 N–H and O–H groups in total. The number of para-hydroxylation sites is 1. The van der Waals surface area contributed by atoms with Gasteiger partial charge in [0.25, 0.3) is 5.91 Å². The fraction of sp³-hybridized carbons (Fsp3) is 0.321. The van der Waals surface area contributed by atoms with Crippen LogP contribution in [0.5, 0.6) is 0 Å². The third-order valence-electron chi connectivity index (χ3n) is 6.24. The largest absolute Gasteiger partial charge is 0.381 e. The molecule has 3 aromatic carbocycles. The van der Waals surface area contributed by atoms with Crippen molar-refractivity contribution in [2.75, 3.05) is 18.4 Å². The minimum Gasteiger partial charge on any atom is -0.381 e. The summed E-state index contributed by atoms with van der Waals surface area (Å²) >= 11 is 0. The van der Waals surface area contributed by atoms with Crippen molar-refractivity contribution in [1.29, 1.82) is 0 Å². The van der Waals surface area contributed by atoms with Crippen LogP contribution < -0.4 is 10.6 Å². The van der Waals surface area contributed by atoms with Gasteiger partial charge in [0, 0.05) is 43.5 Å². The van der Waals surface area contributed by atoms with Crippen LogP contribution in [0.1, 0.15) is 46.8 Å². The van der Waals surface area contributed by atoms with Crippen molar-refractivity contribution in [1.82, 2.24) is 10.2 Å². The molecule has 1 heterocycles. The van der Waals surface area contributed by atoms with Crippen molar-refractivity contribution in [3.8, 4) is 0 Å². The van der Waals surface area contributed by atoms with Gasteiger partial charge in [-0.2, -0.15) is 0 Å². The van der Waals surface area contributed by atoms with E-state index in [1.807, 2.05) is 18.2 Å². The van der Waals surface area contributed by atoms with Gasteiger partial charge in [0.15, 0.2) is 0 Å². The lowest BCUT2D eigenvalue weighted by atomic mass is 10.0. The van der Waals surface area contributed by atoms with Crippen LogP contribution in [0.4, 0.5) is 5.69 Å². The molecule has 0 radical (unpaired) electrons. The van der Waals surface area contributed by atoms with E-state index in [0.717, 1.165) is 55.7 Å². The van der Waals surface area contributed by atoms with Crippen molar-refractivity contribution in [2.45, 2.75) is 45.3 Å². The number of carbonyl (C=O) groups is 1. The zero-order chi connectivity index (χ0) is 22.2. The van der Waals surface area contributed by atoms with Crippen molar-refractivity contribution in [3.63, 3.8) is 0 Å². The van der Waals surface area contributed by atoms with E-state index in [2.05, 4.69) is 83.1 Å². The van der Waals surface area contributed by atoms with E-state index >= 15 is 0 Å². The van der Waals surface area contributed by atoms with Crippen molar-refractivity contribution < 1.29 is 4.79 Å². The number of piperidine rings is 1. The first-order valence-electron chi connectivity index (χ1n) is 11.7. The summed E-state index contributed by atoms with van der Waals surface area (Å²) in [6.45, 7) is 5.88. The lowest BCUT2D eigenvalue weighted by Crippen LogP contribution is -2.44. The molecule has 1 amide bonds. The van der Waals surface area contributed by atoms with Crippen LogP contribution in [0.15, 0.2) is 78.9 Å². The summed E-state index contributed by atoms with van der Waals surface area (Å²) in [4.78, 5) is 15.3. The van der Waals surface area contributed by atoms with Gasteiger partial charge in [0.05, 0.1) is 0 Å². The van der Waals surface area contributed by atoms with Gasteiger partial charge < -0.3 is 10.6 Å². The van der Waals surface area contributed by atoms with Crippen LogP contribution >= 0.6 is 0 Å². The Labute approximate surface area is 191 Å². The first kappa shape index (κ1) is 22.1. The minimum atomic E-state index is 0.0299. The number of hydrogen-bond donors (Lipinski definition) is 2. The Kier molecular flexibility index (Phi) is 7.57. The van der Waals surface area contributed by atoms with Gasteiger partial charge in [-0.25, -0.2) is 0 Å². The topological polar surface area (TPSA) is 44.4 Å². The zero-order valence-corrected chi connectivity index (χ0v) is 18.9. The molecule has 0 aromatic heterocycles. The maximum Gasteiger partial charge on any atom is 0.251 e. The van der Waals surface area contributed by atoms with Gasteiger partial charge in [-0.3, -0.25) is 9.69 Å². The summed E-state index contributed by atoms with van der Waals surface area (Å²) < 4.78 is 0. The number of anilines is 1. The molecule has 1 fully saturated rings. The highest BCUT2D eigenvalue weighted by Gasteiger charge is 2.21. The number of carbonyl (C=O) groups excluding carboxylic acids is 1. The highest BCUT2D eigenvalue weighted by Crippen LogP contribution is 2.18. The van der Waals surface area contributed by atoms with Gasteiger partial charge in [0.1, 0.15) is 0 Å². The number of nitrogens with zero attached hydrogens (tertiary/aromatic N) is 1. The monoisotopic (exact) mass is 427 g/mol. The molecule has 0 aliphatic carbocycles. The predicted molar refractivity (Wildman–Crippen MR) is 132 cm³/mol. The molecule has 0 saturated carbocycles. The Balaban J connectivity index is 1.28. The summed E-state index contributed by atoms with van der Waals surface area (Å²) in [6, 6.07) is 27.2. The molecule has 4 rings (SSSR count). The van der Waals surface area contributed by atoms with E-state index in [1.54, 1.807) is 0 Å². The number of likely N-dealkylation sites (tertiary alicyclic amines) is 1. The molecular formula is C28H33N3O. The Hall–Kier alpha value is -3.11. The van der Waals surface area contributed by atoms with Crippen LogP contribution in [0.3, 0.4) is 0 Å². The molecule has 166 valence electrons. The van der Waals surface area contributed by atoms with E-state index in [9.17, 15) is 4.79 Å². The first-order valence-corrected chi connectivity index (χ1v) is 11.7. The van der Waals surface area contributed by atoms with Crippen LogP contribution in [-0.2, 0) is 19.5 Å². The van der Waals surface area contributed by atoms with Crippen molar-refractivity contribution in [2.24, 2.45) is 0 Å². The van der Waals surface area contributed by atoms with Crippen LogP contribution in [0.25, 0.3) is 0 Å². The third-order valence-corrected chi connectivity index (χ3v) is 6.24. The van der Waals surface area contributed by atoms with Gasteiger partial charge in [-0.05, 0) is 54.2 Å². The van der Waals surface area contributed by atoms with Gasteiger partial charge in [-0.15, -0.1) is 0 Å². The van der Waals surface area contributed by atoms with Crippen molar-refractivity contribution in [3.05, 3.63) is 101 Å². The second kappa shape index (κ2) is 11.0. The van der Waals surface area contributed by atoms with Crippen LogP contribution in [0.2, 0.25) is 0 Å². The Morgan fingerprint density at radius 3 is 2.41 bits per heavy atom. The summed E-state index contributed by atoms with van der Waals surface area (Å²) in [7, 11) is 0. The maximum atomic E-state index is 12.9. The van der Waals surface area contributed by atoms with Crippen LogP contribution in [0, 0.1) is 0 Å². The van der Waals surface area contributed by atoms with Crippen LogP contribution in [-0.4, -0.2) is 29.9 Å². The molecule has 4 heteroatoms. The van der Waals surface area contributed by atoms with E-state index in [4.69, 9.17) is 0 Å². The minimum absolute atomic E-state index is 0.0299. The normalized spacial score (nSPS) is 14.8. The average molecular weight is 428 g/mol. The summed E-state index contributed by atoms with van der Waals surface area (Å²) in [5.41, 5.74) is 5.66. The molecule has 0 bridgehead atoms. The van der Waals surface area contributed by atoms with E-state index in [0.29, 0.717) is 6.54 Å². The number of nitrogens with one attached hydrogen (secondary N) is 2. The highest BCUT2D eigenvalue weighted by molar-refractivity contribution is 5.94. The molecule has 32 heavy (non-hydrogen) atoms. The van der Waals surface area contributed by atoms with Gasteiger partial charge in [0.2, 0.25) is 0 Å². The molecule has 3 aromatic rings. The quantitative estimate of drug-likeness (QED) is 0.516. The molecule has 0 spiro atoms. The number of benzene rings is 3. The van der Waals surface area contributed by atoms with E-state index < -0.39 is 0 Å². The van der Waals surface area contributed by atoms with Gasteiger partial charge in [-0.1, -0.05) is 67.6 Å². The second-order valence-corrected chi connectivity index (χ2v) is 8.57. The zero-order valence-electron chi connectivity index (χ0n) is 18.9. The molecule has 0 atom stereocenters. The number of hydrogen-bond acceptors (Lipinski definition) is 3. The number of aryl methyl sites for hydroxylation is 1. The fourth-order valence-electron chi connectivity index (χ4n) is 4.37. The summed E-state index contributed by atoms with van der Waals surface area (Å²) in [5, 5.41) is 6.77. The second-order valence-electron chi connectivity index (χ2n) is 8.57. The first-order chi connectivity index (χ1) is 15.7. The van der Waals surface area contributed by atoms with E-state index in [-0.39, 0.29) is 11.9 Å². The molecule has 1 saturated heterocycles.